The summed E-state index contributed by atoms with van der Waals surface area (Å²) in [5.41, 5.74) is 8.88. The Morgan fingerprint density at radius 1 is 1.19 bits per heavy atom. The van der Waals surface area contributed by atoms with Crippen LogP contribution in [-0.4, -0.2) is 18.9 Å². The summed E-state index contributed by atoms with van der Waals surface area (Å²) >= 11 is 3.61. The first kappa shape index (κ1) is 14.1. The van der Waals surface area contributed by atoms with Gasteiger partial charge in [-0.25, -0.2) is 0 Å². The lowest BCUT2D eigenvalue weighted by atomic mass is 9.99. The van der Waals surface area contributed by atoms with Crippen molar-refractivity contribution in [1.29, 1.82) is 5.41 Å². The molecule has 1 saturated heterocycles. The molecule has 1 heterocycles. The van der Waals surface area contributed by atoms with Crippen molar-refractivity contribution in [2.24, 2.45) is 5.73 Å². The van der Waals surface area contributed by atoms with Crippen LogP contribution in [0.5, 0.6) is 0 Å². The minimum Gasteiger partial charge on any atom is -0.384 e. The Morgan fingerprint density at radius 3 is 2.62 bits per heavy atom. The van der Waals surface area contributed by atoms with Gasteiger partial charge in [0.1, 0.15) is 5.84 Å². The van der Waals surface area contributed by atoms with Crippen LogP contribution < -0.4 is 10.6 Å². The minimum absolute atomic E-state index is 0.103. The van der Waals surface area contributed by atoms with Gasteiger partial charge < -0.3 is 10.6 Å². The molecule has 1 aliphatic rings. The topological polar surface area (TPSA) is 53.1 Å². The summed E-state index contributed by atoms with van der Waals surface area (Å²) in [5.74, 6) is 0.691. The quantitative estimate of drug-likeness (QED) is 0.659. The summed E-state index contributed by atoms with van der Waals surface area (Å²) in [6, 6.07) is 16.6. The smallest absolute Gasteiger partial charge is 0.122 e. The van der Waals surface area contributed by atoms with Gasteiger partial charge in [0.15, 0.2) is 0 Å². The van der Waals surface area contributed by atoms with E-state index in [1.807, 2.05) is 18.2 Å². The monoisotopic (exact) mass is 343 g/mol. The number of amidine groups is 1. The van der Waals surface area contributed by atoms with Crippen LogP contribution in [0.15, 0.2) is 53.0 Å². The Hall–Kier alpha value is -1.81. The third kappa shape index (κ3) is 2.95. The van der Waals surface area contributed by atoms with E-state index in [9.17, 15) is 0 Å². The van der Waals surface area contributed by atoms with Crippen molar-refractivity contribution in [3.05, 3.63) is 64.1 Å². The average molecular weight is 344 g/mol. The van der Waals surface area contributed by atoms with Gasteiger partial charge in [-0.3, -0.25) is 5.41 Å². The molecule has 2 aromatic carbocycles. The maximum atomic E-state index is 7.50. The number of benzene rings is 2. The molecule has 1 aliphatic heterocycles. The molecule has 0 aliphatic carbocycles. The highest BCUT2D eigenvalue weighted by atomic mass is 79.9. The average Bonchev–Trinajstić information content (AvgIpc) is 2.97. The summed E-state index contributed by atoms with van der Waals surface area (Å²) in [6.07, 6.45) is 1.17. The van der Waals surface area contributed by atoms with Crippen LogP contribution in [0.1, 0.15) is 23.5 Å². The van der Waals surface area contributed by atoms with Crippen LogP contribution in [-0.2, 0) is 0 Å². The summed E-state index contributed by atoms with van der Waals surface area (Å²) in [6.45, 7) is 2.08. The zero-order valence-electron chi connectivity index (χ0n) is 11.7. The number of nitrogens with one attached hydrogen (secondary N) is 1. The van der Waals surface area contributed by atoms with Crippen molar-refractivity contribution in [3.8, 4) is 0 Å². The molecular weight excluding hydrogens is 326 g/mol. The van der Waals surface area contributed by atoms with Crippen LogP contribution in [0, 0.1) is 5.41 Å². The molecule has 0 bridgehead atoms. The molecule has 3 N–H and O–H groups in total. The van der Waals surface area contributed by atoms with Gasteiger partial charge in [0, 0.05) is 29.0 Å². The first-order chi connectivity index (χ1) is 10.1. The number of hydrogen-bond donors (Lipinski definition) is 2. The van der Waals surface area contributed by atoms with Gasteiger partial charge >= 0.3 is 0 Å². The van der Waals surface area contributed by atoms with Crippen LogP contribution in [0.4, 0.5) is 5.69 Å². The van der Waals surface area contributed by atoms with Gasteiger partial charge in [-0.2, -0.15) is 0 Å². The molecule has 3 rings (SSSR count). The van der Waals surface area contributed by atoms with Crippen LogP contribution >= 0.6 is 15.9 Å². The number of nitrogen functional groups attached to an aromatic ring is 1. The number of nitrogens with zero attached hydrogens (tertiary/aromatic N) is 1. The van der Waals surface area contributed by atoms with Gasteiger partial charge in [0.25, 0.3) is 0 Å². The summed E-state index contributed by atoms with van der Waals surface area (Å²) in [7, 11) is 0. The van der Waals surface area contributed by atoms with E-state index in [4.69, 9.17) is 11.1 Å². The summed E-state index contributed by atoms with van der Waals surface area (Å²) < 4.78 is 1.00. The minimum atomic E-state index is 0.103. The lowest BCUT2D eigenvalue weighted by Gasteiger charge is -2.21. The number of rotatable bonds is 3. The fourth-order valence-electron chi connectivity index (χ4n) is 2.91. The van der Waals surface area contributed by atoms with E-state index in [0.29, 0.717) is 5.92 Å². The molecule has 3 nitrogen and oxygen atoms in total. The zero-order chi connectivity index (χ0) is 14.8. The fraction of sp³-hybridized carbons (Fsp3) is 0.235. The zero-order valence-corrected chi connectivity index (χ0v) is 13.3. The maximum absolute atomic E-state index is 7.50. The van der Waals surface area contributed by atoms with E-state index in [2.05, 4.69) is 51.2 Å². The third-order valence-electron chi connectivity index (χ3n) is 4.06. The molecule has 0 amide bonds. The van der Waals surface area contributed by atoms with E-state index < -0.39 is 0 Å². The van der Waals surface area contributed by atoms with E-state index >= 15 is 0 Å². The van der Waals surface area contributed by atoms with Gasteiger partial charge in [-0.15, -0.1) is 0 Å². The molecule has 21 heavy (non-hydrogen) atoms. The molecule has 1 unspecified atom stereocenters. The van der Waals surface area contributed by atoms with Crippen molar-refractivity contribution in [2.75, 3.05) is 18.0 Å². The molecular formula is C17H18BrN3. The fourth-order valence-corrected chi connectivity index (χ4v) is 3.54. The van der Waals surface area contributed by atoms with Crippen LogP contribution in [0.2, 0.25) is 0 Å². The summed E-state index contributed by atoms with van der Waals surface area (Å²) in [5, 5.41) is 7.50. The highest BCUT2D eigenvalue weighted by Gasteiger charge is 2.25. The van der Waals surface area contributed by atoms with E-state index in [-0.39, 0.29) is 5.84 Å². The maximum Gasteiger partial charge on any atom is 0.122 e. The lowest BCUT2D eigenvalue weighted by Crippen LogP contribution is -2.20. The highest BCUT2D eigenvalue weighted by molar-refractivity contribution is 9.10. The van der Waals surface area contributed by atoms with Gasteiger partial charge in [0.05, 0.1) is 5.69 Å². The molecule has 4 heteroatoms. The second kappa shape index (κ2) is 5.90. The predicted molar refractivity (Wildman–Crippen MR) is 91.2 cm³/mol. The van der Waals surface area contributed by atoms with E-state index in [1.165, 1.54) is 17.7 Å². The summed E-state index contributed by atoms with van der Waals surface area (Å²) in [4.78, 5) is 2.39. The second-order valence-electron chi connectivity index (χ2n) is 5.42. The van der Waals surface area contributed by atoms with E-state index in [1.54, 1.807) is 0 Å². The molecule has 0 saturated carbocycles. The van der Waals surface area contributed by atoms with Crippen LogP contribution in [0.3, 0.4) is 0 Å². The van der Waals surface area contributed by atoms with Gasteiger partial charge in [-0.05, 0) is 46.1 Å². The number of halogens is 1. The first-order valence-electron chi connectivity index (χ1n) is 7.09. The molecule has 0 spiro atoms. The van der Waals surface area contributed by atoms with Crippen molar-refractivity contribution in [3.63, 3.8) is 0 Å². The molecule has 2 aromatic rings. The van der Waals surface area contributed by atoms with Crippen molar-refractivity contribution < 1.29 is 0 Å². The molecule has 0 aromatic heterocycles. The third-order valence-corrected chi connectivity index (χ3v) is 4.69. The van der Waals surface area contributed by atoms with Gasteiger partial charge in [0.2, 0.25) is 0 Å². The molecule has 108 valence electrons. The van der Waals surface area contributed by atoms with E-state index in [0.717, 1.165) is 23.1 Å². The number of hydrogen-bond acceptors (Lipinski definition) is 2. The van der Waals surface area contributed by atoms with Crippen molar-refractivity contribution in [2.45, 2.75) is 12.3 Å². The number of anilines is 1. The highest BCUT2D eigenvalue weighted by Crippen LogP contribution is 2.34. The Balaban J connectivity index is 1.79. The van der Waals surface area contributed by atoms with Crippen molar-refractivity contribution in [1.82, 2.24) is 0 Å². The van der Waals surface area contributed by atoms with Crippen LogP contribution in [0.25, 0.3) is 0 Å². The lowest BCUT2D eigenvalue weighted by molar-refractivity contribution is 0.775. The Morgan fingerprint density at radius 2 is 1.95 bits per heavy atom. The molecule has 0 radical (unpaired) electrons. The van der Waals surface area contributed by atoms with Gasteiger partial charge in [-0.1, -0.05) is 30.3 Å². The van der Waals surface area contributed by atoms with Crippen molar-refractivity contribution >= 4 is 27.5 Å². The standard InChI is InChI=1S/C17H18BrN3/c18-15-10-13(17(19)20)6-7-16(15)21-9-8-14(11-21)12-4-2-1-3-5-12/h1-7,10,14H,8-9,11H2,(H3,19,20). The normalized spacial score (nSPS) is 18.0. The predicted octanol–water partition coefficient (Wildman–Crippen LogP) is 3.73. The molecule has 1 fully saturated rings. The second-order valence-corrected chi connectivity index (χ2v) is 6.28. The first-order valence-corrected chi connectivity index (χ1v) is 7.88. The molecule has 1 atom stereocenters. The Bertz CT molecular complexity index is 654. The Labute approximate surface area is 133 Å². The SMILES string of the molecule is N=C(N)c1ccc(N2CCC(c3ccccc3)C2)c(Br)c1. The largest absolute Gasteiger partial charge is 0.384 e. The number of nitrogens with two attached hydrogens (primary N) is 1. The Kier molecular flexibility index (Phi) is 3.97.